The first-order valence-electron chi connectivity index (χ1n) is 6.38. The van der Waals surface area contributed by atoms with Gasteiger partial charge in [-0.05, 0) is 41.6 Å². The van der Waals surface area contributed by atoms with Crippen LogP contribution in [0.25, 0.3) is 0 Å². The standard InChI is InChI=1S/C18H13NS/c1-3-7-15(8-4-1)11-12-18-17(13-14-20-18)19-16-9-5-2-6-10-16/h1-10,13-14,19H. The zero-order valence-corrected chi connectivity index (χ0v) is 11.7. The highest BCUT2D eigenvalue weighted by Gasteiger charge is 2.01. The van der Waals surface area contributed by atoms with E-state index in [-0.39, 0.29) is 0 Å². The SMILES string of the molecule is C(#Cc1sccc1Nc1ccccc1)c1ccccc1. The van der Waals surface area contributed by atoms with E-state index in [9.17, 15) is 0 Å². The summed E-state index contributed by atoms with van der Waals surface area (Å²) in [7, 11) is 0. The molecule has 0 radical (unpaired) electrons. The van der Waals surface area contributed by atoms with E-state index in [1.807, 2.05) is 60.7 Å². The largest absolute Gasteiger partial charge is 0.354 e. The fourth-order valence-corrected chi connectivity index (χ4v) is 2.53. The van der Waals surface area contributed by atoms with Crippen molar-refractivity contribution in [3.05, 3.63) is 82.6 Å². The summed E-state index contributed by atoms with van der Waals surface area (Å²) < 4.78 is 0. The van der Waals surface area contributed by atoms with Crippen LogP contribution in [-0.4, -0.2) is 0 Å². The molecule has 1 aromatic heterocycles. The van der Waals surface area contributed by atoms with Crippen molar-refractivity contribution in [1.29, 1.82) is 0 Å². The summed E-state index contributed by atoms with van der Waals surface area (Å²) in [6.45, 7) is 0. The van der Waals surface area contributed by atoms with E-state index in [1.165, 1.54) is 0 Å². The Morgan fingerprint density at radius 1 is 0.750 bits per heavy atom. The molecule has 0 aliphatic rings. The van der Waals surface area contributed by atoms with Crippen molar-refractivity contribution < 1.29 is 0 Å². The van der Waals surface area contributed by atoms with E-state index in [1.54, 1.807) is 11.3 Å². The van der Waals surface area contributed by atoms with Gasteiger partial charge in [-0.1, -0.05) is 42.3 Å². The zero-order chi connectivity index (χ0) is 13.6. The molecule has 1 heterocycles. The Morgan fingerprint density at radius 2 is 1.45 bits per heavy atom. The van der Waals surface area contributed by atoms with Crippen LogP contribution >= 0.6 is 11.3 Å². The van der Waals surface area contributed by atoms with Crippen molar-refractivity contribution in [3.63, 3.8) is 0 Å². The summed E-state index contributed by atoms with van der Waals surface area (Å²) in [5.41, 5.74) is 3.17. The molecular weight excluding hydrogens is 262 g/mol. The van der Waals surface area contributed by atoms with Gasteiger partial charge in [-0.15, -0.1) is 11.3 Å². The molecule has 1 N–H and O–H groups in total. The molecule has 0 saturated carbocycles. The summed E-state index contributed by atoms with van der Waals surface area (Å²) in [5.74, 6) is 6.43. The molecule has 0 bridgehead atoms. The maximum absolute atomic E-state index is 3.40. The number of thiophene rings is 1. The number of hydrogen-bond acceptors (Lipinski definition) is 2. The molecule has 3 aromatic rings. The van der Waals surface area contributed by atoms with Crippen LogP contribution < -0.4 is 5.32 Å². The minimum atomic E-state index is 1.03. The summed E-state index contributed by atoms with van der Waals surface area (Å²) in [5, 5.41) is 5.45. The molecule has 0 aliphatic carbocycles. The molecule has 96 valence electrons. The van der Waals surface area contributed by atoms with Gasteiger partial charge in [0.2, 0.25) is 0 Å². The van der Waals surface area contributed by atoms with Gasteiger partial charge in [-0.3, -0.25) is 0 Å². The Morgan fingerprint density at radius 3 is 2.20 bits per heavy atom. The van der Waals surface area contributed by atoms with Gasteiger partial charge in [0.15, 0.2) is 0 Å². The molecule has 0 aliphatic heterocycles. The van der Waals surface area contributed by atoms with E-state index in [4.69, 9.17) is 0 Å². The molecule has 2 heteroatoms. The number of hydrogen-bond donors (Lipinski definition) is 1. The van der Waals surface area contributed by atoms with Crippen LogP contribution in [0.4, 0.5) is 11.4 Å². The number of benzene rings is 2. The van der Waals surface area contributed by atoms with Gasteiger partial charge in [0, 0.05) is 11.3 Å². The monoisotopic (exact) mass is 275 g/mol. The third-order valence-corrected chi connectivity index (χ3v) is 3.64. The first-order valence-corrected chi connectivity index (χ1v) is 7.26. The van der Waals surface area contributed by atoms with Crippen LogP contribution in [0.15, 0.2) is 72.1 Å². The zero-order valence-electron chi connectivity index (χ0n) is 10.8. The summed E-state index contributed by atoms with van der Waals surface area (Å²) in [6.07, 6.45) is 0. The third kappa shape index (κ3) is 3.09. The highest BCUT2D eigenvalue weighted by atomic mass is 32.1. The molecule has 0 amide bonds. The second kappa shape index (κ2) is 6.10. The van der Waals surface area contributed by atoms with Crippen molar-refractivity contribution >= 4 is 22.7 Å². The molecule has 0 spiro atoms. The van der Waals surface area contributed by atoms with Gasteiger partial charge in [-0.25, -0.2) is 0 Å². The van der Waals surface area contributed by atoms with Gasteiger partial charge in [0.25, 0.3) is 0 Å². The lowest BCUT2D eigenvalue weighted by Crippen LogP contribution is -1.89. The fraction of sp³-hybridized carbons (Fsp3) is 0. The maximum Gasteiger partial charge on any atom is 0.101 e. The summed E-state index contributed by atoms with van der Waals surface area (Å²) >= 11 is 1.65. The normalized spacial score (nSPS) is 9.60. The summed E-state index contributed by atoms with van der Waals surface area (Å²) in [4.78, 5) is 1.05. The predicted octanol–water partition coefficient (Wildman–Crippen LogP) is 4.89. The minimum Gasteiger partial charge on any atom is -0.354 e. The van der Waals surface area contributed by atoms with E-state index in [0.717, 1.165) is 21.8 Å². The van der Waals surface area contributed by atoms with Crippen molar-refractivity contribution in [2.24, 2.45) is 0 Å². The van der Waals surface area contributed by atoms with E-state index in [0.29, 0.717) is 0 Å². The molecule has 0 atom stereocenters. The van der Waals surface area contributed by atoms with E-state index < -0.39 is 0 Å². The van der Waals surface area contributed by atoms with Crippen LogP contribution in [0.2, 0.25) is 0 Å². The predicted molar refractivity (Wildman–Crippen MR) is 86.5 cm³/mol. The molecule has 3 rings (SSSR count). The Kier molecular flexibility index (Phi) is 3.82. The molecule has 0 saturated heterocycles. The van der Waals surface area contributed by atoms with Gasteiger partial charge >= 0.3 is 0 Å². The lowest BCUT2D eigenvalue weighted by Gasteiger charge is -2.03. The van der Waals surface area contributed by atoms with Crippen molar-refractivity contribution in [2.45, 2.75) is 0 Å². The molecule has 1 nitrogen and oxygen atoms in total. The summed E-state index contributed by atoms with van der Waals surface area (Å²) in [6, 6.07) is 22.2. The smallest absolute Gasteiger partial charge is 0.101 e. The molecule has 0 unspecified atom stereocenters. The second-order valence-electron chi connectivity index (χ2n) is 4.27. The van der Waals surface area contributed by atoms with Crippen molar-refractivity contribution in [2.75, 3.05) is 5.32 Å². The molecular formula is C18H13NS. The highest BCUT2D eigenvalue weighted by Crippen LogP contribution is 2.25. The number of anilines is 2. The average Bonchev–Trinajstić information content (AvgIpc) is 2.94. The molecule has 0 fully saturated rings. The first-order chi connectivity index (χ1) is 9.92. The number of nitrogens with one attached hydrogen (secondary N) is 1. The molecule has 20 heavy (non-hydrogen) atoms. The minimum absolute atomic E-state index is 1.03. The van der Waals surface area contributed by atoms with Crippen LogP contribution in [0, 0.1) is 11.8 Å². The van der Waals surface area contributed by atoms with Gasteiger partial charge in [-0.2, -0.15) is 0 Å². The topological polar surface area (TPSA) is 12.0 Å². The van der Waals surface area contributed by atoms with Crippen LogP contribution in [0.5, 0.6) is 0 Å². The van der Waals surface area contributed by atoms with Crippen LogP contribution in [-0.2, 0) is 0 Å². The van der Waals surface area contributed by atoms with Crippen molar-refractivity contribution in [3.8, 4) is 11.8 Å². The number of para-hydroxylation sites is 1. The maximum atomic E-state index is 3.40. The lowest BCUT2D eigenvalue weighted by atomic mass is 10.2. The first kappa shape index (κ1) is 12.5. The van der Waals surface area contributed by atoms with Gasteiger partial charge in [0.05, 0.1) is 5.69 Å². The van der Waals surface area contributed by atoms with E-state index >= 15 is 0 Å². The van der Waals surface area contributed by atoms with E-state index in [2.05, 4.69) is 28.6 Å². The Hall–Kier alpha value is -2.50. The highest BCUT2D eigenvalue weighted by molar-refractivity contribution is 7.11. The van der Waals surface area contributed by atoms with Gasteiger partial charge < -0.3 is 5.32 Å². The Balaban J connectivity index is 1.83. The van der Waals surface area contributed by atoms with Gasteiger partial charge in [0.1, 0.15) is 4.88 Å². The fourth-order valence-electron chi connectivity index (χ4n) is 1.83. The molecule has 2 aromatic carbocycles. The Bertz CT molecular complexity index is 733. The quantitative estimate of drug-likeness (QED) is 0.656. The lowest BCUT2D eigenvalue weighted by molar-refractivity contribution is 1.58. The van der Waals surface area contributed by atoms with Crippen LogP contribution in [0.1, 0.15) is 10.4 Å². The third-order valence-electron chi connectivity index (χ3n) is 2.81. The second-order valence-corrected chi connectivity index (χ2v) is 5.19. The van der Waals surface area contributed by atoms with Crippen LogP contribution in [0.3, 0.4) is 0 Å². The van der Waals surface area contributed by atoms with Crippen molar-refractivity contribution in [1.82, 2.24) is 0 Å². The number of rotatable bonds is 2. The average molecular weight is 275 g/mol. The Labute approximate surface area is 122 Å².